The van der Waals surface area contributed by atoms with E-state index < -0.39 is 0 Å². The van der Waals surface area contributed by atoms with Crippen molar-refractivity contribution >= 4 is 40.9 Å². The molecule has 0 heterocycles. The zero-order valence-corrected chi connectivity index (χ0v) is 40.4. The third-order valence-corrected chi connectivity index (χ3v) is 7.96. The molecule has 16 heteroatoms. The highest BCUT2D eigenvalue weighted by molar-refractivity contribution is 5.99. The van der Waals surface area contributed by atoms with Crippen LogP contribution in [0.25, 0.3) is 0 Å². The SMILES string of the molecule is CC(C)OCCC(=O)CNC(=O)COC(C)C.CC(C)OCCC(=O)c1ccc(C(=O)CCOC(C)C)cc1.CC(C)OCCCCNC(=O)CCC(=O)CNC(=O)COC(C)C. The van der Waals surface area contributed by atoms with Gasteiger partial charge in [-0.15, -0.1) is 0 Å². The van der Waals surface area contributed by atoms with Gasteiger partial charge in [-0.05, 0) is 95.9 Å². The summed E-state index contributed by atoms with van der Waals surface area (Å²) in [6.45, 7) is 25.3. The minimum Gasteiger partial charge on any atom is -0.379 e. The van der Waals surface area contributed by atoms with E-state index in [1.54, 1.807) is 24.3 Å². The number of rotatable bonds is 33. The van der Waals surface area contributed by atoms with Crippen molar-refractivity contribution < 1.29 is 62.0 Å². The summed E-state index contributed by atoms with van der Waals surface area (Å²) in [5.41, 5.74) is 1.23. The second kappa shape index (κ2) is 38.5. The molecule has 0 atom stereocenters. The van der Waals surface area contributed by atoms with Crippen LogP contribution in [-0.4, -0.2) is 137 Å². The minimum atomic E-state index is -0.329. The standard InChI is InChI=1S/C18H26O4.C17H32N2O5.C12H23NO4/c1-13(2)21-11-9-17(19)15-5-7-16(8-6-15)18(20)10-12-22-14(3)4;1-13(2)23-10-6-5-9-18-16(21)8-7-15(20)11-19-17(22)12-24-14(3)4;1-9(2)16-6-5-11(14)7-13-12(15)8-17-10(3)4/h5-8,13-14H,9-12H2,1-4H3;13-14H,5-12H2,1-4H3,(H,18,21)(H,19,22);9-10H,5-8H2,1-4H3,(H,13,15). The van der Waals surface area contributed by atoms with Crippen molar-refractivity contribution in [2.45, 2.75) is 165 Å². The number of hydrogen-bond acceptors (Lipinski definition) is 13. The Bertz CT molecular complexity index is 1380. The van der Waals surface area contributed by atoms with Gasteiger partial charge < -0.3 is 44.4 Å². The molecule has 0 aliphatic rings. The largest absolute Gasteiger partial charge is 0.379 e. The first kappa shape index (κ1) is 61.2. The van der Waals surface area contributed by atoms with Crippen LogP contribution < -0.4 is 16.0 Å². The number of amides is 3. The van der Waals surface area contributed by atoms with E-state index in [1.807, 2.05) is 83.1 Å². The minimum absolute atomic E-state index is 0.00651. The zero-order chi connectivity index (χ0) is 48.2. The summed E-state index contributed by atoms with van der Waals surface area (Å²) in [6.07, 6.45) is 3.60. The zero-order valence-electron chi connectivity index (χ0n) is 40.4. The Balaban J connectivity index is 0. The van der Waals surface area contributed by atoms with Gasteiger partial charge in [0, 0.05) is 56.4 Å². The van der Waals surface area contributed by atoms with Gasteiger partial charge in [0.1, 0.15) is 13.2 Å². The van der Waals surface area contributed by atoms with Crippen LogP contribution in [0.5, 0.6) is 0 Å². The fraction of sp³-hybridized carbons (Fsp3) is 0.723. The molecule has 0 bridgehead atoms. The molecular formula is C47H81N3O13. The van der Waals surface area contributed by atoms with Gasteiger partial charge in [-0.3, -0.25) is 33.6 Å². The molecule has 0 saturated heterocycles. The summed E-state index contributed by atoms with van der Waals surface area (Å²) in [5, 5.41) is 7.75. The number of nitrogens with one attached hydrogen (secondary N) is 3. The number of Topliss-reactive ketones (excluding diaryl/α,β-unsaturated/α-hetero) is 4. The number of carbonyl (C=O) groups is 7. The number of ketones is 4. The van der Waals surface area contributed by atoms with E-state index in [0.717, 1.165) is 12.8 Å². The third-order valence-electron chi connectivity index (χ3n) is 7.96. The normalized spacial score (nSPS) is 11.0. The van der Waals surface area contributed by atoms with Crippen molar-refractivity contribution in [2.75, 3.05) is 59.3 Å². The van der Waals surface area contributed by atoms with E-state index in [0.29, 0.717) is 63.4 Å². The lowest BCUT2D eigenvalue weighted by Crippen LogP contribution is -2.33. The molecule has 0 radical (unpaired) electrons. The van der Waals surface area contributed by atoms with E-state index in [-0.39, 0.29) is 117 Å². The first-order chi connectivity index (χ1) is 29.6. The van der Waals surface area contributed by atoms with E-state index >= 15 is 0 Å². The molecule has 1 aromatic rings. The maximum absolute atomic E-state index is 12.0. The molecule has 0 spiro atoms. The van der Waals surface area contributed by atoms with Gasteiger partial charge >= 0.3 is 0 Å². The molecule has 0 saturated carbocycles. The second-order valence-electron chi connectivity index (χ2n) is 16.3. The maximum Gasteiger partial charge on any atom is 0.246 e. The van der Waals surface area contributed by atoms with Gasteiger partial charge in [0.15, 0.2) is 23.1 Å². The van der Waals surface area contributed by atoms with Crippen LogP contribution in [0.1, 0.15) is 149 Å². The summed E-state index contributed by atoms with van der Waals surface area (Å²) >= 11 is 0. The van der Waals surface area contributed by atoms with Crippen molar-refractivity contribution in [2.24, 2.45) is 0 Å². The molecule has 3 amide bonds. The highest BCUT2D eigenvalue weighted by Gasteiger charge is 2.12. The highest BCUT2D eigenvalue weighted by atomic mass is 16.5. The van der Waals surface area contributed by atoms with E-state index in [1.165, 1.54) is 0 Å². The fourth-order valence-electron chi connectivity index (χ4n) is 4.59. The molecule has 1 aromatic carbocycles. The average Bonchev–Trinajstić information content (AvgIpc) is 3.21. The maximum atomic E-state index is 12.0. The lowest BCUT2D eigenvalue weighted by molar-refractivity contribution is -0.130. The first-order valence-electron chi connectivity index (χ1n) is 22.3. The van der Waals surface area contributed by atoms with Crippen molar-refractivity contribution in [3.05, 3.63) is 35.4 Å². The second-order valence-corrected chi connectivity index (χ2v) is 16.3. The lowest BCUT2D eigenvalue weighted by atomic mass is 10.0. The monoisotopic (exact) mass is 896 g/mol. The van der Waals surface area contributed by atoms with Crippen LogP contribution >= 0.6 is 0 Å². The fourth-order valence-corrected chi connectivity index (χ4v) is 4.59. The lowest BCUT2D eigenvalue weighted by Gasteiger charge is -2.09. The first-order valence-corrected chi connectivity index (χ1v) is 22.3. The predicted octanol–water partition coefficient (Wildman–Crippen LogP) is 5.79. The van der Waals surface area contributed by atoms with E-state index in [4.69, 9.17) is 28.4 Å². The van der Waals surface area contributed by atoms with E-state index in [9.17, 15) is 33.6 Å². The molecule has 0 aromatic heterocycles. The Morgan fingerprint density at radius 1 is 0.397 bits per heavy atom. The smallest absolute Gasteiger partial charge is 0.246 e. The molecule has 3 N–H and O–H groups in total. The summed E-state index contributed by atoms with van der Waals surface area (Å²) in [7, 11) is 0. The molecule has 1 rings (SSSR count). The van der Waals surface area contributed by atoms with Crippen molar-refractivity contribution in [1.82, 2.24) is 16.0 Å². The predicted molar refractivity (Wildman–Crippen MR) is 243 cm³/mol. The van der Waals surface area contributed by atoms with Gasteiger partial charge in [-0.25, -0.2) is 0 Å². The van der Waals surface area contributed by atoms with Crippen LogP contribution in [0, 0.1) is 0 Å². The number of carbonyl (C=O) groups excluding carboxylic acids is 7. The Morgan fingerprint density at radius 2 is 0.746 bits per heavy atom. The molecule has 362 valence electrons. The van der Waals surface area contributed by atoms with Crippen molar-refractivity contribution in [1.29, 1.82) is 0 Å². The summed E-state index contributed by atoms with van der Waals surface area (Å²) in [6, 6.07) is 6.81. The van der Waals surface area contributed by atoms with Gasteiger partial charge in [-0.1, -0.05) is 24.3 Å². The molecule has 0 aliphatic heterocycles. The Hall–Kier alpha value is -3.93. The van der Waals surface area contributed by atoms with Crippen LogP contribution in [0.3, 0.4) is 0 Å². The number of ether oxygens (including phenoxy) is 6. The van der Waals surface area contributed by atoms with Crippen molar-refractivity contribution in [3.63, 3.8) is 0 Å². The third kappa shape index (κ3) is 41.8. The molecule has 63 heavy (non-hydrogen) atoms. The molecule has 0 aliphatic carbocycles. The Labute approximate surface area is 377 Å². The van der Waals surface area contributed by atoms with E-state index in [2.05, 4.69) is 16.0 Å². The van der Waals surface area contributed by atoms with Gasteiger partial charge in [0.25, 0.3) is 0 Å². The van der Waals surface area contributed by atoms with Crippen LogP contribution in [-0.2, 0) is 52.4 Å². The number of benzene rings is 1. The summed E-state index contributed by atoms with van der Waals surface area (Å²) in [5.74, 6) is -0.896. The van der Waals surface area contributed by atoms with Crippen molar-refractivity contribution in [3.8, 4) is 0 Å². The van der Waals surface area contributed by atoms with Gasteiger partial charge in [-0.2, -0.15) is 0 Å². The van der Waals surface area contributed by atoms with Crippen LogP contribution in [0.15, 0.2) is 24.3 Å². The van der Waals surface area contributed by atoms with Gasteiger partial charge in [0.05, 0.1) is 69.5 Å². The van der Waals surface area contributed by atoms with Crippen LogP contribution in [0.2, 0.25) is 0 Å². The quantitative estimate of drug-likeness (QED) is 0.0564. The average molecular weight is 896 g/mol. The Morgan fingerprint density at radius 3 is 1.13 bits per heavy atom. The molecule has 0 fully saturated rings. The summed E-state index contributed by atoms with van der Waals surface area (Å²) in [4.78, 5) is 81.1. The molecular weight excluding hydrogens is 815 g/mol. The number of hydrogen-bond donors (Lipinski definition) is 3. The molecule has 0 unspecified atom stereocenters. The Kier molecular flexibility index (Phi) is 37.4. The summed E-state index contributed by atoms with van der Waals surface area (Å²) < 4.78 is 31.6. The molecule has 16 nitrogen and oxygen atoms in total. The topological polar surface area (TPSA) is 211 Å². The van der Waals surface area contributed by atoms with Gasteiger partial charge in [0.2, 0.25) is 17.7 Å². The highest BCUT2D eigenvalue weighted by Crippen LogP contribution is 2.10. The number of unbranched alkanes of at least 4 members (excludes halogenated alkanes) is 1. The van der Waals surface area contributed by atoms with Crippen LogP contribution in [0.4, 0.5) is 0 Å².